The van der Waals surface area contributed by atoms with Crippen LogP contribution in [0, 0.1) is 6.92 Å². The number of nitrogens with one attached hydrogen (secondary N) is 1. The zero-order chi connectivity index (χ0) is 25.4. The van der Waals surface area contributed by atoms with Crippen molar-refractivity contribution in [2.24, 2.45) is 0 Å². The van der Waals surface area contributed by atoms with Crippen LogP contribution in [0.1, 0.15) is 18.3 Å². The Kier molecular flexibility index (Phi) is 6.71. The lowest BCUT2D eigenvalue weighted by atomic mass is 10.1. The van der Waals surface area contributed by atoms with E-state index >= 15 is 0 Å². The Hall–Kier alpha value is -3.02. The van der Waals surface area contributed by atoms with Crippen LogP contribution in [-0.4, -0.2) is 71.6 Å². The molecule has 188 valence electrons. The molecule has 2 aliphatic heterocycles. The minimum Gasteiger partial charge on any atom is -0.368 e. The van der Waals surface area contributed by atoms with E-state index in [0.29, 0.717) is 37.0 Å². The van der Waals surface area contributed by atoms with Gasteiger partial charge in [-0.05, 0) is 43.3 Å². The highest BCUT2D eigenvalue weighted by molar-refractivity contribution is 7.93. The van der Waals surface area contributed by atoms with Crippen molar-refractivity contribution in [1.82, 2.24) is 14.3 Å². The highest BCUT2D eigenvalue weighted by Crippen LogP contribution is 2.29. The average molecular weight is 546 g/mol. The minimum absolute atomic E-state index is 0.0909. The second-order valence-electron chi connectivity index (χ2n) is 8.80. The summed E-state index contributed by atoms with van der Waals surface area (Å²) in [6, 6.07) is 12.2. The van der Waals surface area contributed by atoms with Crippen molar-refractivity contribution in [3.63, 3.8) is 0 Å². The molecule has 2 aliphatic rings. The Balaban J connectivity index is 1.19. The molecule has 1 saturated heterocycles. The number of aryl methyl sites for hydroxylation is 1. The number of piperazine rings is 1. The summed E-state index contributed by atoms with van der Waals surface area (Å²) >= 11 is 7.12. The molecule has 3 aromatic rings. The van der Waals surface area contributed by atoms with Gasteiger partial charge in [0.25, 0.3) is 15.9 Å². The number of hydrogen-bond acceptors (Lipinski definition) is 7. The van der Waals surface area contributed by atoms with Gasteiger partial charge in [0.15, 0.2) is 6.21 Å². The van der Waals surface area contributed by atoms with E-state index in [2.05, 4.69) is 25.2 Å². The van der Waals surface area contributed by atoms with Crippen molar-refractivity contribution in [3.8, 4) is 0 Å². The fourth-order valence-electron chi connectivity index (χ4n) is 4.55. The Morgan fingerprint density at radius 1 is 1.14 bits per heavy atom. The Morgan fingerprint density at radius 3 is 2.53 bits per heavy atom. The molecule has 36 heavy (non-hydrogen) atoms. The first-order valence-electron chi connectivity index (χ1n) is 11.6. The maximum atomic E-state index is 13.2. The van der Waals surface area contributed by atoms with Crippen LogP contribution in [0.5, 0.6) is 0 Å². The van der Waals surface area contributed by atoms with Crippen molar-refractivity contribution in [3.05, 3.63) is 58.9 Å². The van der Waals surface area contributed by atoms with Crippen LogP contribution in [0.4, 0.5) is 16.5 Å². The maximum Gasteiger partial charge on any atom is 0.291 e. The van der Waals surface area contributed by atoms with E-state index in [1.807, 2.05) is 34.6 Å². The zero-order valence-electron chi connectivity index (χ0n) is 19.9. The van der Waals surface area contributed by atoms with Gasteiger partial charge in [-0.25, -0.2) is 13.4 Å². The monoisotopic (exact) mass is 545 g/mol. The Morgan fingerprint density at radius 2 is 1.86 bits per heavy atom. The molecule has 0 aliphatic carbocycles. The predicted octanol–water partition coefficient (Wildman–Crippen LogP) is 3.31. The lowest BCUT2D eigenvalue weighted by Crippen LogP contribution is -2.52. The van der Waals surface area contributed by atoms with Gasteiger partial charge in [-0.2, -0.15) is 8.95 Å². The van der Waals surface area contributed by atoms with Gasteiger partial charge in [0, 0.05) is 67.0 Å². The molecule has 1 fully saturated rings. The third-order valence-corrected chi connectivity index (χ3v) is 8.90. The van der Waals surface area contributed by atoms with E-state index in [0.717, 1.165) is 34.9 Å². The van der Waals surface area contributed by atoms with Gasteiger partial charge in [0.2, 0.25) is 16.9 Å². The molecule has 1 amide bonds. The number of amides is 1. The zero-order valence-corrected chi connectivity index (χ0v) is 22.3. The van der Waals surface area contributed by atoms with Gasteiger partial charge >= 0.3 is 0 Å². The number of anilines is 2. The third-order valence-electron chi connectivity index (χ3n) is 6.46. The molecule has 0 spiro atoms. The quantitative estimate of drug-likeness (QED) is 0.477. The smallest absolute Gasteiger partial charge is 0.291 e. The topological polar surface area (TPSA) is 98.5 Å². The molecular formula is C24H26ClN6O3S2+. The largest absolute Gasteiger partial charge is 0.368 e. The predicted molar refractivity (Wildman–Crippen MR) is 141 cm³/mol. The van der Waals surface area contributed by atoms with Crippen LogP contribution in [-0.2, 0) is 21.2 Å². The van der Waals surface area contributed by atoms with Crippen molar-refractivity contribution >= 4 is 61.8 Å². The highest BCUT2D eigenvalue weighted by Gasteiger charge is 2.35. The number of rotatable bonds is 6. The number of halogens is 1. The number of fused-ring (bicyclic) bond motifs is 1. The minimum atomic E-state index is -3.74. The molecule has 3 heterocycles. The van der Waals surface area contributed by atoms with Gasteiger partial charge in [0.1, 0.15) is 5.82 Å². The summed E-state index contributed by atoms with van der Waals surface area (Å²) in [7, 11) is -3.74. The fraction of sp³-hybridized carbons (Fsp3) is 0.333. The van der Waals surface area contributed by atoms with Gasteiger partial charge in [-0.3, -0.25) is 9.52 Å². The first-order chi connectivity index (χ1) is 17.2. The molecule has 1 aromatic heterocycles. The Bertz CT molecular complexity index is 1430. The SMILES string of the molecule is Cc1nsc(NS(=O)(=O)c2ccc(N3CCN(C(=O)C(C)[N+]4=CCc5cc(Cl)ccc54)CC3)cc2)n1. The van der Waals surface area contributed by atoms with Gasteiger partial charge in [-0.1, -0.05) is 11.6 Å². The maximum absolute atomic E-state index is 13.2. The normalized spacial score (nSPS) is 16.5. The average Bonchev–Trinajstić information content (AvgIpc) is 3.48. The van der Waals surface area contributed by atoms with E-state index in [9.17, 15) is 13.2 Å². The molecule has 2 aromatic carbocycles. The van der Waals surface area contributed by atoms with Gasteiger partial charge in [0.05, 0.1) is 11.3 Å². The first kappa shape index (κ1) is 24.7. The molecular weight excluding hydrogens is 520 g/mol. The number of carbonyl (C=O) groups excluding carboxylic acids is 1. The number of hydrogen-bond donors (Lipinski definition) is 1. The summed E-state index contributed by atoms with van der Waals surface area (Å²) in [5, 5.41) is 0.943. The lowest BCUT2D eigenvalue weighted by molar-refractivity contribution is -0.460. The number of sulfonamides is 1. The summed E-state index contributed by atoms with van der Waals surface area (Å²) in [5.41, 5.74) is 3.08. The number of carbonyl (C=O) groups is 1. The summed E-state index contributed by atoms with van der Waals surface area (Å²) in [4.78, 5) is 21.5. The van der Waals surface area contributed by atoms with Crippen molar-refractivity contribution in [2.75, 3.05) is 35.8 Å². The summed E-state index contributed by atoms with van der Waals surface area (Å²) in [5.74, 6) is 0.612. The van der Waals surface area contributed by atoms with Gasteiger partial charge in [-0.15, -0.1) is 0 Å². The molecule has 0 radical (unpaired) electrons. The van der Waals surface area contributed by atoms with E-state index < -0.39 is 10.0 Å². The van der Waals surface area contributed by atoms with Crippen LogP contribution < -0.4 is 9.62 Å². The molecule has 1 unspecified atom stereocenters. The van der Waals surface area contributed by atoms with E-state index in [1.165, 1.54) is 0 Å². The number of nitrogens with zero attached hydrogens (tertiary/aromatic N) is 5. The molecule has 9 nitrogen and oxygen atoms in total. The van der Waals surface area contributed by atoms with E-state index in [-0.39, 0.29) is 22.0 Å². The summed E-state index contributed by atoms with van der Waals surface area (Å²) in [6.45, 7) is 6.18. The van der Waals surface area contributed by atoms with Crippen LogP contribution in [0.3, 0.4) is 0 Å². The number of aromatic nitrogens is 2. The molecule has 1 N–H and O–H groups in total. The molecule has 0 bridgehead atoms. The van der Waals surface area contributed by atoms with Crippen molar-refractivity contribution in [1.29, 1.82) is 0 Å². The summed E-state index contributed by atoms with van der Waals surface area (Å²) in [6.07, 6.45) is 2.82. The second kappa shape index (κ2) is 9.79. The fourth-order valence-corrected chi connectivity index (χ4v) is 6.54. The second-order valence-corrected chi connectivity index (χ2v) is 11.7. The van der Waals surface area contributed by atoms with Crippen LogP contribution in [0.25, 0.3) is 0 Å². The molecule has 5 rings (SSSR count). The van der Waals surface area contributed by atoms with Crippen molar-refractivity contribution < 1.29 is 17.8 Å². The summed E-state index contributed by atoms with van der Waals surface area (Å²) < 4.78 is 33.8. The first-order valence-corrected chi connectivity index (χ1v) is 14.2. The van der Waals surface area contributed by atoms with Crippen molar-refractivity contribution in [2.45, 2.75) is 31.2 Å². The van der Waals surface area contributed by atoms with Crippen LogP contribution in [0.15, 0.2) is 47.4 Å². The molecule has 12 heteroatoms. The molecule has 0 saturated carbocycles. The Labute approximate surface area is 219 Å². The van der Waals surface area contributed by atoms with Gasteiger partial charge < -0.3 is 9.80 Å². The van der Waals surface area contributed by atoms with E-state index in [4.69, 9.17) is 11.6 Å². The lowest BCUT2D eigenvalue weighted by Gasteiger charge is -2.36. The standard InChI is InChI=1S/C24H26ClN6O3S2/c1-16(31-10-9-18-15-19(25)3-8-22(18)31)23(32)30-13-11-29(12-14-30)20-4-6-21(7-5-20)36(33,34)28-24-26-17(2)27-35-24/h3-8,10,15-16H,9,11-14H2,1-2H3,(H,26,27,28)/q+1. The van der Waals surface area contributed by atoms with Crippen LogP contribution >= 0.6 is 23.1 Å². The molecule has 1 atom stereocenters. The number of benzene rings is 2. The van der Waals surface area contributed by atoms with E-state index in [1.54, 1.807) is 31.2 Å². The third kappa shape index (κ3) is 4.95. The highest BCUT2D eigenvalue weighted by atomic mass is 35.5. The van der Waals surface area contributed by atoms with Crippen LogP contribution in [0.2, 0.25) is 5.02 Å².